The first-order valence-corrected chi connectivity index (χ1v) is 10.6. The normalized spacial score (nSPS) is 13.2. The van der Waals surface area contributed by atoms with Crippen LogP contribution in [-0.4, -0.2) is 55.4 Å². The number of nitrogens with zero attached hydrogens (tertiary/aromatic N) is 4. The number of carbonyl (C=O) groups is 2. The Morgan fingerprint density at radius 1 is 1.12 bits per heavy atom. The lowest BCUT2D eigenvalue weighted by Gasteiger charge is -2.26. The van der Waals surface area contributed by atoms with Gasteiger partial charge in [0.25, 0.3) is 11.8 Å². The maximum atomic E-state index is 13.0. The Labute approximate surface area is 188 Å². The quantitative estimate of drug-likeness (QED) is 0.432. The molecule has 3 N–H and O–H groups in total. The van der Waals surface area contributed by atoms with E-state index < -0.39 is 0 Å². The molecule has 9 nitrogen and oxygen atoms in total. The second-order valence-electron chi connectivity index (χ2n) is 7.68. The van der Waals surface area contributed by atoms with Crippen LogP contribution in [0, 0.1) is 0 Å². The third-order valence-electron chi connectivity index (χ3n) is 5.62. The molecule has 2 aromatic carbocycles. The third kappa shape index (κ3) is 3.94. The molecule has 0 aliphatic carbocycles. The third-order valence-corrected chi connectivity index (χ3v) is 5.88. The molecule has 0 bridgehead atoms. The van der Waals surface area contributed by atoms with Crippen molar-refractivity contribution in [2.75, 3.05) is 13.1 Å². The molecular formula is C22H20ClN7O2. The summed E-state index contributed by atoms with van der Waals surface area (Å²) in [6.07, 6.45) is 1.26. The zero-order valence-corrected chi connectivity index (χ0v) is 17.8. The van der Waals surface area contributed by atoms with E-state index >= 15 is 0 Å². The van der Waals surface area contributed by atoms with Gasteiger partial charge in [-0.3, -0.25) is 19.8 Å². The predicted octanol–water partition coefficient (Wildman–Crippen LogP) is 2.51. The highest BCUT2D eigenvalue weighted by molar-refractivity contribution is 6.30. The monoisotopic (exact) mass is 449 g/mol. The van der Waals surface area contributed by atoms with Crippen LogP contribution in [0.2, 0.25) is 5.02 Å². The van der Waals surface area contributed by atoms with Crippen molar-refractivity contribution in [2.45, 2.75) is 19.4 Å². The van der Waals surface area contributed by atoms with Crippen LogP contribution in [0.5, 0.6) is 0 Å². The van der Waals surface area contributed by atoms with Crippen LogP contribution in [0.3, 0.4) is 0 Å². The highest BCUT2D eigenvalue weighted by Gasteiger charge is 2.28. The van der Waals surface area contributed by atoms with Gasteiger partial charge in [0, 0.05) is 29.2 Å². The van der Waals surface area contributed by atoms with Crippen molar-refractivity contribution in [3.05, 3.63) is 75.6 Å². The van der Waals surface area contributed by atoms with Gasteiger partial charge in [-0.1, -0.05) is 28.9 Å². The lowest BCUT2D eigenvalue weighted by atomic mass is 10.0. The molecule has 0 atom stereocenters. The Morgan fingerprint density at radius 3 is 2.81 bits per heavy atom. The largest absolute Gasteiger partial charge is 0.350 e. The molecule has 162 valence electrons. The summed E-state index contributed by atoms with van der Waals surface area (Å²) >= 11 is 5.90. The number of aromatic nitrogens is 5. The Kier molecular flexibility index (Phi) is 5.32. The molecule has 1 aliphatic rings. The standard InChI is InChI=1S/C22H20ClN7O2/c23-15-4-1-13(2-5-15)7-9-24-21(31)20-16-8-10-30(12-19(16)25-28-20)22(32)14-3-6-17-18(11-14)27-29-26-17/h1-6,11H,7-10,12H2,(H,24,31)(H,25,28)(H,26,27,29). The van der Waals surface area contributed by atoms with Gasteiger partial charge in [-0.2, -0.15) is 5.10 Å². The van der Waals surface area contributed by atoms with Gasteiger partial charge < -0.3 is 10.2 Å². The van der Waals surface area contributed by atoms with E-state index in [1.807, 2.05) is 24.3 Å². The number of hydrogen-bond acceptors (Lipinski definition) is 5. The molecular weight excluding hydrogens is 430 g/mol. The van der Waals surface area contributed by atoms with Crippen molar-refractivity contribution in [1.82, 2.24) is 35.8 Å². The summed E-state index contributed by atoms with van der Waals surface area (Å²) in [4.78, 5) is 27.3. The molecule has 0 saturated heterocycles. The molecule has 1 aliphatic heterocycles. The minimum absolute atomic E-state index is 0.0995. The van der Waals surface area contributed by atoms with E-state index in [4.69, 9.17) is 11.6 Å². The lowest BCUT2D eigenvalue weighted by Crippen LogP contribution is -2.36. The summed E-state index contributed by atoms with van der Waals surface area (Å²) in [5.74, 6) is -0.290. The van der Waals surface area contributed by atoms with E-state index in [1.54, 1.807) is 23.1 Å². The Bertz CT molecular complexity index is 1300. The Balaban J connectivity index is 1.22. The number of H-pyrrole nitrogens is 2. The number of hydrogen-bond donors (Lipinski definition) is 3. The van der Waals surface area contributed by atoms with Crippen molar-refractivity contribution in [2.24, 2.45) is 0 Å². The minimum atomic E-state index is -0.191. The fourth-order valence-electron chi connectivity index (χ4n) is 3.89. The van der Waals surface area contributed by atoms with Gasteiger partial charge in [-0.15, -0.1) is 5.10 Å². The molecule has 0 radical (unpaired) electrons. The van der Waals surface area contributed by atoms with Crippen LogP contribution in [0.15, 0.2) is 42.5 Å². The second kappa shape index (κ2) is 8.43. The molecule has 0 saturated carbocycles. The molecule has 0 unspecified atom stereocenters. The van der Waals surface area contributed by atoms with Gasteiger partial charge >= 0.3 is 0 Å². The number of halogens is 1. The smallest absolute Gasteiger partial charge is 0.269 e. The van der Waals surface area contributed by atoms with E-state index in [-0.39, 0.29) is 11.8 Å². The van der Waals surface area contributed by atoms with Gasteiger partial charge in [0.1, 0.15) is 11.2 Å². The topological polar surface area (TPSA) is 120 Å². The maximum Gasteiger partial charge on any atom is 0.269 e. The van der Waals surface area contributed by atoms with Crippen molar-refractivity contribution < 1.29 is 9.59 Å². The van der Waals surface area contributed by atoms with E-state index in [9.17, 15) is 9.59 Å². The van der Waals surface area contributed by atoms with Gasteiger partial charge in [0.15, 0.2) is 0 Å². The molecule has 4 aromatic rings. The Hall–Kier alpha value is -3.72. The van der Waals surface area contributed by atoms with Crippen LogP contribution in [0.25, 0.3) is 11.0 Å². The number of amides is 2. The number of fused-ring (bicyclic) bond motifs is 2. The molecule has 2 aromatic heterocycles. The number of carbonyl (C=O) groups excluding carboxylic acids is 2. The summed E-state index contributed by atoms with van der Waals surface area (Å²) in [7, 11) is 0. The number of nitrogens with one attached hydrogen (secondary N) is 3. The van der Waals surface area contributed by atoms with Crippen LogP contribution < -0.4 is 5.32 Å². The molecule has 32 heavy (non-hydrogen) atoms. The SMILES string of the molecule is O=C(NCCc1ccc(Cl)cc1)c1[nH]nc2c1CCN(C(=O)c1ccc3[nH]nnc3c1)C2. The first-order chi connectivity index (χ1) is 15.6. The second-order valence-corrected chi connectivity index (χ2v) is 8.11. The fourth-order valence-corrected chi connectivity index (χ4v) is 4.01. The zero-order chi connectivity index (χ0) is 22.1. The summed E-state index contributed by atoms with van der Waals surface area (Å²) in [6, 6.07) is 12.8. The summed E-state index contributed by atoms with van der Waals surface area (Å²) in [6.45, 7) is 1.36. The van der Waals surface area contributed by atoms with Gasteiger partial charge in [0.05, 0.1) is 17.8 Å². The zero-order valence-electron chi connectivity index (χ0n) is 17.1. The Morgan fingerprint density at radius 2 is 1.97 bits per heavy atom. The van der Waals surface area contributed by atoms with E-state index in [1.165, 1.54) is 0 Å². The van der Waals surface area contributed by atoms with Crippen molar-refractivity contribution in [1.29, 1.82) is 0 Å². The highest BCUT2D eigenvalue weighted by Crippen LogP contribution is 2.22. The minimum Gasteiger partial charge on any atom is -0.350 e. The van der Waals surface area contributed by atoms with Crippen LogP contribution >= 0.6 is 11.6 Å². The van der Waals surface area contributed by atoms with Gasteiger partial charge in [0.2, 0.25) is 0 Å². The molecule has 2 amide bonds. The summed E-state index contributed by atoms with van der Waals surface area (Å²) in [5.41, 5.74) is 5.12. The van der Waals surface area contributed by atoms with Crippen molar-refractivity contribution >= 4 is 34.4 Å². The maximum absolute atomic E-state index is 13.0. The van der Waals surface area contributed by atoms with Gasteiger partial charge in [-0.05, 0) is 48.7 Å². The molecule has 0 fully saturated rings. The predicted molar refractivity (Wildman–Crippen MR) is 118 cm³/mol. The highest BCUT2D eigenvalue weighted by atomic mass is 35.5. The number of aromatic amines is 2. The van der Waals surface area contributed by atoms with Crippen LogP contribution in [0.4, 0.5) is 0 Å². The average molecular weight is 450 g/mol. The average Bonchev–Trinajstić information content (AvgIpc) is 3.45. The molecule has 10 heteroatoms. The van der Waals surface area contributed by atoms with Crippen LogP contribution in [-0.2, 0) is 19.4 Å². The van der Waals surface area contributed by atoms with Gasteiger partial charge in [-0.25, -0.2) is 0 Å². The lowest BCUT2D eigenvalue weighted by molar-refractivity contribution is 0.0732. The van der Waals surface area contributed by atoms with Crippen molar-refractivity contribution in [3.8, 4) is 0 Å². The van der Waals surface area contributed by atoms with Crippen LogP contribution in [0.1, 0.15) is 37.7 Å². The first-order valence-electron chi connectivity index (χ1n) is 10.3. The number of benzene rings is 2. The first kappa shape index (κ1) is 20.2. The molecule has 0 spiro atoms. The summed E-state index contributed by atoms with van der Waals surface area (Å²) < 4.78 is 0. The number of rotatable bonds is 5. The van der Waals surface area contributed by atoms with E-state index in [0.29, 0.717) is 54.3 Å². The molecule has 3 heterocycles. The van der Waals surface area contributed by atoms with E-state index in [2.05, 4.69) is 30.9 Å². The molecule has 5 rings (SSSR count). The van der Waals surface area contributed by atoms with Crippen molar-refractivity contribution in [3.63, 3.8) is 0 Å². The summed E-state index contributed by atoms with van der Waals surface area (Å²) in [5, 5.41) is 21.3. The van der Waals surface area contributed by atoms with E-state index in [0.717, 1.165) is 22.3 Å². The fraction of sp³-hybridized carbons (Fsp3) is 0.227.